The fourth-order valence-electron chi connectivity index (χ4n) is 6.15. The topological polar surface area (TPSA) is 226 Å². The maximum absolute atomic E-state index is 13.0. The van der Waals surface area contributed by atoms with Crippen LogP contribution in [0.1, 0.15) is 68.2 Å². The molecule has 1 aliphatic heterocycles. The van der Waals surface area contributed by atoms with Crippen molar-refractivity contribution in [2.75, 3.05) is 10.6 Å². The van der Waals surface area contributed by atoms with Crippen molar-refractivity contribution < 1.29 is 19.5 Å². The molecule has 236 valence electrons. The van der Waals surface area contributed by atoms with Gasteiger partial charge < -0.3 is 27.2 Å². The molecule has 0 saturated carbocycles. The second-order valence-corrected chi connectivity index (χ2v) is 11.6. The molecule has 5 aromatic rings. The number of hydrogen-bond acceptors (Lipinski definition) is 8. The molecule has 4 aromatic carbocycles. The molecule has 13 nitrogen and oxygen atoms in total. The van der Waals surface area contributed by atoms with Gasteiger partial charge in [-0.2, -0.15) is 0 Å². The molecule has 0 radical (unpaired) electrons. The second-order valence-electron chi connectivity index (χ2n) is 11.6. The highest BCUT2D eigenvalue weighted by molar-refractivity contribution is 6.02. The van der Waals surface area contributed by atoms with Crippen LogP contribution in [-0.4, -0.2) is 49.3 Å². The highest BCUT2D eigenvalue weighted by Crippen LogP contribution is 2.49. The fraction of sp³-hybridized carbons (Fsp3) is 0.147. The third kappa shape index (κ3) is 6.14. The standard InChI is InChI=1S/C34H31N9O4/c1-34(22-5-3-2-4-6-22)17-28(39-27-10-8-18(31(35)36)15-26(27)34)21-11-20(24-9-7-19(32(37)45)14-25(24)33(46)47)12-23(13-21)38-30(44)16-29-40-42-43-41-29/h2-15,28,39H,16-17H2,1H3,(H3,35,36)(H2,37,45)(H,38,44)(H,46,47)(H,40,41,42,43). The van der Waals surface area contributed by atoms with Crippen LogP contribution in [0.15, 0.2) is 84.9 Å². The van der Waals surface area contributed by atoms with Gasteiger partial charge in [0, 0.05) is 27.9 Å². The van der Waals surface area contributed by atoms with Crippen LogP contribution in [0.3, 0.4) is 0 Å². The summed E-state index contributed by atoms with van der Waals surface area (Å²) in [4.78, 5) is 37.3. The summed E-state index contributed by atoms with van der Waals surface area (Å²) < 4.78 is 0. The van der Waals surface area contributed by atoms with Crippen LogP contribution in [0.5, 0.6) is 0 Å². The quantitative estimate of drug-likeness (QED) is 0.0922. The summed E-state index contributed by atoms with van der Waals surface area (Å²) in [5.74, 6) is -2.12. The minimum absolute atomic E-state index is 0.0314. The predicted octanol–water partition coefficient (Wildman–Crippen LogP) is 3.99. The van der Waals surface area contributed by atoms with Gasteiger partial charge in [0.05, 0.1) is 18.0 Å². The number of primary amides is 1. The van der Waals surface area contributed by atoms with Crippen LogP contribution in [-0.2, 0) is 16.6 Å². The maximum atomic E-state index is 13.0. The lowest BCUT2D eigenvalue weighted by atomic mass is 9.68. The molecule has 0 fully saturated rings. The van der Waals surface area contributed by atoms with Crippen molar-refractivity contribution in [3.63, 3.8) is 0 Å². The average Bonchev–Trinajstić information content (AvgIpc) is 3.57. The number of H-pyrrole nitrogens is 1. The monoisotopic (exact) mass is 629 g/mol. The van der Waals surface area contributed by atoms with Crippen molar-refractivity contribution in [1.29, 1.82) is 5.41 Å². The number of nitrogen functional groups attached to an aromatic ring is 1. The van der Waals surface area contributed by atoms with Gasteiger partial charge in [-0.1, -0.05) is 43.3 Å². The largest absolute Gasteiger partial charge is 0.478 e. The number of nitrogens with zero attached hydrogens (tertiary/aromatic N) is 3. The molecule has 6 rings (SSSR count). The highest BCUT2D eigenvalue weighted by Gasteiger charge is 2.39. The van der Waals surface area contributed by atoms with Crippen molar-refractivity contribution in [2.24, 2.45) is 11.5 Å². The Bertz CT molecular complexity index is 2030. The summed E-state index contributed by atoms with van der Waals surface area (Å²) in [5, 5.41) is 38.0. The summed E-state index contributed by atoms with van der Waals surface area (Å²) in [6.45, 7) is 2.14. The normalized spacial score (nSPS) is 16.8. The number of aromatic carboxylic acids is 1. The van der Waals surface area contributed by atoms with Crippen LogP contribution in [0.2, 0.25) is 0 Å². The van der Waals surface area contributed by atoms with Gasteiger partial charge in [0.25, 0.3) is 0 Å². The molecule has 13 heteroatoms. The third-order valence-electron chi connectivity index (χ3n) is 8.48. The zero-order chi connectivity index (χ0) is 33.3. The highest BCUT2D eigenvalue weighted by atomic mass is 16.4. The zero-order valence-electron chi connectivity index (χ0n) is 25.2. The Balaban J connectivity index is 1.49. The third-order valence-corrected chi connectivity index (χ3v) is 8.48. The van der Waals surface area contributed by atoms with Crippen LogP contribution >= 0.6 is 0 Å². The minimum Gasteiger partial charge on any atom is -0.478 e. The number of amidine groups is 1. The molecule has 2 atom stereocenters. The molecule has 9 N–H and O–H groups in total. The molecule has 47 heavy (non-hydrogen) atoms. The van der Waals surface area contributed by atoms with E-state index in [4.69, 9.17) is 16.9 Å². The van der Waals surface area contributed by atoms with Crippen LogP contribution in [0.4, 0.5) is 11.4 Å². The first-order chi connectivity index (χ1) is 22.5. The molecule has 2 amide bonds. The number of carboxylic acids is 1. The van der Waals surface area contributed by atoms with Gasteiger partial charge in [-0.25, -0.2) is 9.89 Å². The first-order valence-corrected chi connectivity index (χ1v) is 14.7. The van der Waals surface area contributed by atoms with Gasteiger partial charge in [-0.15, -0.1) is 5.10 Å². The van der Waals surface area contributed by atoms with Gasteiger partial charge in [0.2, 0.25) is 11.8 Å². The number of carboxylic acid groups (broad SMARTS) is 1. The van der Waals surface area contributed by atoms with Gasteiger partial charge in [0.15, 0.2) is 5.82 Å². The number of nitrogens with two attached hydrogens (primary N) is 2. The van der Waals surface area contributed by atoms with Crippen LogP contribution < -0.4 is 22.1 Å². The number of rotatable bonds is 9. The molecule has 2 unspecified atom stereocenters. The number of fused-ring (bicyclic) bond motifs is 1. The number of anilines is 2. The van der Waals surface area contributed by atoms with Crippen molar-refractivity contribution in [2.45, 2.75) is 31.2 Å². The summed E-state index contributed by atoms with van der Waals surface area (Å²) in [5.41, 5.74) is 16.3. The van der Waals surface area contributed by atoms with Gasteiger partial charge in [-0.05, 0) is 93.2 Å². The number of nitrogens with one attached hydrogen (secondary N) is 4. The van der Waals surface area contributed by atoms with E-state index in [1.165, 1.54) is 18.2 Å². The molecule has 0 saturated heterocycles. The first kappa shape index (κ1) is 30.6. The zero-order valence-corrected chi connectivity index (χ0v) is 25.2. The molecule has 0 spiro atoms. The number of carbonyl (C=O) groups excluding carboxylic acids is 2. The number of amides is 2. The van der Waals surface area contributed by atoms with Crippen molar-refractivity contribution in [3.05, 3.63) is 124 Å². The lowest BCUT2D eigenvalue weighted by molar-refractivity contribution is -0.115. The Labute approximate surface area is 268 Å². The molecular weight excluding hydrogens is 598 g/mol. The van der Waals surface area contributed by atoms with E-state index in [1.807, 2.05) is 42.5 Å². The van der Waals surface area contributed by atoms with Crippen molar-refractivity contribution >= 4 is 35.0 Å². The molecular formula is C34H31N9O4. The fourth-order valence-corrected chi connectivity index (χ4v) is 6.15. The van der Waals surface area contributed by atoms with Crippen molar-refractivity contribution in [1.82, 2.24) is 20.6 Å². The van der Waals surface area contributed by atoms with E-state index in [2.05, 4.69) is 50.3 Å². The number of aromatic amines is 1. The van der Waals surface area contributed by atoms with Gasteiger partial charge in [-0.3, -0.25) is 15.0 Å². The number of benzene rings is 4. The number of tetrazole rings is 1. The summed E-state index contributed by atoms with van der Waals surface area (Å²) in [6, 6.07) is 25.0. The van der Waals surface area contributed by atoms with Crippen LogP contribution in [0.25, 0.3) is 11.1 Å². The number of aromatic nitrogens is 4. The van der Waals surface area contributed by atoms with E-state index in [0.717, 1.165) is 22.4 Å². The van der Waals surface area contributed by atoms with Crippen molar-refractivity contribution in [3.8, 4) is 11.1 Å². The van der Waals surface area contributed by atoms with E-state index >= 15 is 0 Å². The molecule has 0 aliphatic carbocycles. The maximum Gasteiger partial charge on any atom is 0.336 e. The smallest absolute Gasteiger partial charge is 0.336 e. The summed E-state index contributed by atoms with van der Waals surface area (Å²) in [6.07, 6.45) is 0.457. The lowest BCUT2D eigenvalue weighted by Gasteiger charge is -2.42. The van der Waals surface area contributed by atoms with E-state index in [9.17, 15) is 19.5 Å². The summed E-state index contributed by atoms with van der Waals surface area (Å²) >= 11 is 0. The number of carbonyl (C=O) groups is 3. The Morgan fingerprint density at radius 3 is 2.45 bits per heavy atom. The predicted molar refractivity (Wildman–Crippen MR) is 175 cm³/mol. The number of hydrogen-bond donors (Lipinski definition) is 7. The van der Waals surface area contributed by atoms with Gasteiger partial charge >= 0.3 is 5.97 Å². The molecule has 2 heterocycles. The molecule has 0 bridgehead atoms. The Kier molecular flexibility index (Phi) is 7.95. The van der Waals surface area contributed by atoms with Gasteiger partial charge in [0.1, 0.15) is 5.84 Å². The Hall–Kier alpha value is -6.37. The van der Waals surface area contributed by atoms with E-state index < -0.39 is 17.3 Å². The molecule has 1 aromatic heterocycles. The first-order valence-electron chi connectivity index (χ1n) is 14.7. The van der Waals surface area contributed by atoms with Crippen LogP contribution in [0, 0.1) is 5.41 Å². The second kappa shape index (κ2) is 12.2. The SMILES string of the molecule is CC1(c2ccccc2)CC(c2cc(NC(=O)Cc3nnn[nH]3)cc(-c3ccc(C(N)=O)cc3C(=O)O)c2)Nc2ccc(C(=N)N)cc21. The average molecular weight is 630 g/mol. The molecule has 1 aliphatic rings. The Morgan fingerprint density at radius 1 is 1.00 bits per heavy atom. The van der Waals surface area contributed by atoms with E-state index in [-0.39, 0.29) is 41.2 Å². The lowest BCUT2D eigenvalue weighted by Crippen LogP contribution is -2.35. The summed E-state index contributed by atoms with van der Waals surface area (Å²) in [7, 11) is 0. The van der Waals surface area contributed by atoms with E-state index in [1.54, 1.807) is 12.1 Å². The van der Waals surface area contributed by atoms with E-state index in [0.29, 0.717) is 28.8 Å². The Morgan fingerprint density at radius 2 is 1.77 bits per heavy atom. The minimum atomic E-state index is -1.24.